The highest BCUT2D eigenvalue weighted by atomic mass is 32.1. The normalized spacial score (nSPS) is 15.1. The highest BCUT2D eigenvalue weighted by Crippen LogP contribution is 2.28. The third kappa shape index (κ3) is 4.52. The van der Waals surface area contributed by atoms with E-state index >= 15 is 0 Å². The van der Waals surface area contributed by atoms with Gasteiger partial charge in [-0.05, 0) is 30.5 Å². The van der Waals surface area contributed by atoms with Crippen molar-refractivity contribution in [1.82, 2.24) is 29.5 Å². The van der Waals surface area contributed by atoms with Crippen LogP contribution in [0, 0.1) is 12.3 Å². The van der Waals surface area contributed by atoms with Gasteiger partial charge in [-0.15, -0.1) is 21.5 Å². The van der Waals surface area contributed by atoms with E-state index < -0.39 is 5.91 Å². The van der Waals surface area contributed by atoms with Crippen LogP contribution < -0.4 is 10.6 Å². The van der Waals surface area contributed by atoms with E-state index in [0.717, 1.165) is 23.7 Å². The Bertz CT molecular complexity index is 1370. The number of nitrogens with zero attached hydrogens (tertiary/aromatic N) is 6. The van der Waals surface area contributed by atoms with E-state index in [1.807, 2.05) is 17.5 Å². The Morgan fingerprint density at radius 1 is 1.15 bits per heavy atom. The van der Waals surface area contributed by atoms with Gasteiger partial charge in [0.1, 0.15) is 5.01 Å². The van der Waals surface area contributed by atoms with Crippen molar-refractivity contribution < 1.29 is 9.59 Å². The minimum Gasteiger partial charge on any atom is -0.324 e. The fourth-order valence-corrected chi connectivity index (χ4v) is 4.77. The van der Waals surface area contributed by atoms with Gasteiger partial charge in [-0.1, -0.05) is 13.8 Å². The van der Waals surface area contributed by atoms with E-state index in [0.29, 0.717) is 29.3 Å². The lowest BCUT2D eigenvalue weighted by Crippen LogP contribution is -2.54. The van der Waals surface area contributed by atoms with Crippen LogP contribution in [0.1, 0.15) is 30.2 Å². The number of carbonyl (C=O) groups is 2. The van der Waals surface area contributed by atoms with Gasteiger partial charge in [-0.2, -0.15) is 0 Å². The Kier molecular flexibility index (Phi) is 5.58. The Balaban J connectivity index is 1.29. The number of hydrogen-bond donors (Lipinski definition) is 2. The topological polar surface area (TPSA) is 117 Å². The molecule has 0 bridgehead atoms. The number of amides is 2. The van der Waals surface area contributed by atoms with E-state index in [9.17, 15) is 9.59 Å². The molecule has 11 heteroatoms. The maximum Gasteiger partial charge on any atom is 0.294 e. The first-order valence-electron chi connectivity index (χ1n) is 10.8. The van der Waals surface area contributed by atoms with Crippen molar-refractivity contribution in [2.75, 3.05) is 30.3 Å². The minimum atomic E-state index is -0.425. The summed E-state index contributed by atoms with van der Waals surface area (Å²) in [6.45, 7) is 8.26. The third-order valence-electron chi connectivity index (χ3n) is 5.58. The number of rotatable bonds is 6. The molecule has 0 unspecified atom stereocenters. The van der Waals surface area contributed by atoms with Crippen LogP contribution in [0.4, 0.5) is 11.4 Å². The molecule has 2 N–H and O–H groups in total. The summed E-state index contributed by atoms with van der Waals surface area (Å²) in [4.78, 5) is 36.1. The monoisotopic (exact) mass is 476 g/mol. The van der Waals surface area contributed by atoms with Gasteiger partial charge in [-0.25, -0.2) is 4.98 Å². The summed E-state index contributed by atoms with van der Waals surface area (Å²) in [6, 6.07) is 5.40. The molecule has 0 aliphatic carbocycles. The first-order valence-corrected chi connectivity index (χ1v) is 11.7. The molecule has 5 heterocycles. The number of nitrogens with one attached hydrogen (secondary N) is 2. The summed E-state index contributed by atoms with van der Waals surface area (Å²) in [5.74, 6) is -0.390. The lowest BCUT2D eigenvalue weighted by Gasteiger charge is -2.45. The molecule has 0 atom stereocenters. The summed E-state index contributed by atoms with van der Waals surface area (Å²) in [7, 11) is 0. The molecule has 174 valence electrons. The zero-order chi connectivity index (χ0) is 23.9. The number of carbonyl (C=O) groups excluding carboxylic acids is 2. The smallest absolute Gasteiger partial charge is 0.294 e. The van der Waals surface area contributed by atoms with Crippen molar-refractivity contribution >= 4 is 40.2 Å². The number of pyridine rings is 2. The van der Waals surface area contributed by atoms with Gasteiger partial charge in [0.05, 0.1) is 29.8 Å². The van der Waals surface area contributed by atoms with Gasteiger partial charge in [0.25, 0.3) is 5.91 Å². The maximum atomic E-state index is 13.0. The Morgan fingerprint density at radius 2 is 1.97 bits per heavy atom. The molecule has 5 rings (SSSR count). The largest absolute Gasteiger partial charge is 0.324 e. The number of fused-ring (bicyclic) bond motifs is 1. The molecule has 34 heavy (non-hydrogen) atoms. The maximum absolute atomic E-state index is 13.0. The Labute approximate surface area is 200 Å². The molecule has 10 nitrogen and oxygen atoms in total. The quantitative estimate of drug-likeness (QED) is 0.439. The van der Waals surface area contributed by atoms with E-state index in [1.165, 1.54) is 11.3 Å². The van der Waals surface area contributed by atoms with Crippen LogP contribution in [0.2, 0.25) is 0 Å². The van der Waals surface area contributed by atoms with Crippen molar-refractivity contribution in [3.05, 3.63) is 53.7 Å². The number of likely N-dealkylation sites (tertiary alicyclic amines) is 1. The van der Waals surface area contributed by atoms with Gasteiger partial charge in [-0.3, -0.25) is 23.9 Å². The molecule has 1 aliphatic heterocycles. The standard InChI is InChI=1S/C23H24N8O2S/c1-14-17(9-16(10-25-14)26-19(32)11-30-12-23(2,3)13-30)27-21(33)20-29-28-18-8-15(4-6-31(18)20)22-24-5-7-34-22/h4-10H,11-13H2,1-3H3,(H,26,32)(H,27,33). The molecule has 1 saturated heterocycles. The van der Waals surface area contributed by atoms with Crippen molar-refractivity contribution in [2.45, 2.75) is 20.8 Å². The average molecular weight is 477 g/mol. The van der Waals surface area contributed by atoms with E-state index in [1.54, 1.807) is 36.0 Å². The van der Waals surface area contributed by atoms with Crippen molar-refractivity contribution in [1.29, 1.82) is 0 Å². The van der Waals surface area contributed by atoms with Crippen LogP contribution >= 0.6 is 11.3 Å². The van der Waals surface area contributed by atoms with Crippen LogP contribution in [0.3, 0.4) is 0 Å². The van der Waals surface area contributed by atoms with Gasteiger partial charge in [0.15, 0.2) is 5.65 Å². The molecule has 4 aromatic rings. The molecule has 0 aromatic carbocycles. The van der Waals surface area contributed by atoms with Crippen LogP contribution in [0.15, 0.2) is 42.2 Å². The fraction of sp³-hybridized carbons (Fsp3) is 0.304. The van der Waals surface area contributed by atoms with E-state index in [2.05, 4.69) is 49.5 Å². The van der Waals surface area contributed by atoms with Gasteiger partial charge in [0.2, 0.25) is 11.7 Å². The van der Waals surface area contributed by atoms with E-state index in [-0.39, 0.29) is 17.1 Å². The lowest BCUT2D eigenvalue weighted by atomic mass is 9.84. The summed E-state index contributed by atoms with van der Waals surface area (Å²) >= 11 is 1.53. The van der Waals surface area contributed by atoms with Crippen LogP contribution in [-0.4, -0.2) is 60.9 Å². The number of aryl methyl sites for hydroxylation is 1. The Morgan fingerprint density at radius 3 is 2.71 bits per heavy atom. The van der Waals surface area contributed by atoms with E-state index in [4.69, 9.17) is 0 Å². The lowest BCUT2D eigenvalue weighted by molar-refractivity contribution is -0.120. The molecule has 0 saturated carbocycles. The summed E-state index contributed by atoms with van der Waals surface area (Å²) < 4.78 is 1.62. The number of hydrogen-bond acceptors (Lipinski definition) is 8. The van der Waals surface area contributed by atoms with Crippen molar-refractivity contribution in [3.63, 3.8) is 0 Å². The molecule has 0 radical (unpaired) electrons. The molecular weight excluding hydrogens is 452 g/mol. The Hall–Kier alpha value is -3.70. The highest BCUT2D eigenvalue weighted by molar-refractivity contribution is 7.13. The zero-order valence-electron chi connectivity index (χ0n) is 19.1. The van der Waals surface area contributed by atoms with Crippen molar-refractivity contribution in [3.8, 4) is 10.6 Å². The first kappa shape index (κ1) is 22.1. The van der Waals surface area contributed by atoms with Crippen LogP contribution in [-0.2, 0) is 4.79 Å². The van der Waals surface area contributed by atoms with Crippen LogP contribution in [0.25, 0.3) is 16.2 Å². The molecule has 1 fully saturated rings. The van der Waals surface area contributed by atoms with Gasteiger partial charge >= 0.3 is 0 Å². The highest BCUT2D eigenvalue weighted by Gasteiger charge is 2.34. The SMILES string of the molecule is Cc1ncc(NC(=O)CN2CC(C)(C)C2)cc1NC(=O)c1nnc2cc(-c3nccs3)ccn12. The second-order valence-corrected chi connectivity index (χ2v) is 10.1. The molecular formula is C23H24N8O2S. The number of aromatic nitrogens is 5. The van der Waals surface area contributed by atoms with Crippen molar-refractivity contribution in [2.24, 2.45) is 5.41 Å². The van der Waals surface area contributed by atoms with Gasteiger partial charge < -0.3 is 10.6 Å². The zero-order valence-corrected chi connectivity index (χ0v) is 19.9. The summed E-state index contributed by atoms with van der Waals surface area (Å²) in [5.41, 5.74) is 3.34. The van der Waals surface area contributed by atoms with Crippen LogP contribution in [0.5, 0.6) is 0 Å². The number of thiazole rings is 1. The first-order chi connectivity index (χ1) is 16.3. The predicted octanol–water partition coefficient (Wildman–Crippen LogP) is 3.09. The van der Waals surface area contributed by atoms with Gasteiger partial charge in [0, 0.05) is 36.4 Å². The third-order valence-corrected chi connectivity index (χ3v) is 6.40. The second kappa shape index (κ2) is 8.58. The average Bonchev–Trinajstić information content (AvgIpc) is 3.44. The molecule has 0 spiro atoms. The number of anilines is 2. The fourth-order valence-electron chi connectivity index (χ4n) is 4.13. The molecule has 2 amide bonds. The molecule has 4 aromatic heterocycles. The molecule has 1 aliphatic rings. The second-order valence-electron chi connectivity index (χ2n) is 9.17. The minimum absolute atomic E-state index is 0.113. The summed E-state index contributed by atoms with van der Waals surface area (Å²) in [5, 5.41) is 16.7. The predicted molar refractivity (Wildman–Crippen MR) is 130 cm³/mol. The summed E-state index contributed by atoms with van der Waals surface area (Å²) in [6.07, 6.45) is 5.07.